The van der Waals surface area contributed by atoms with Gasteiger partial charge in [-0.3, -0.25) is 4.79 Å². The van der Waals surface area contributed by atoms with Crippen LogP contribution in [-0.4, -0.2) is 43.2 Å². The molecule has 4 heteroatoms. The van der Waals surface area contributed by atoms with Crippen LogP contribution >= 0.6 is 0 Å². The van der Waals surface area contributed by atoms with Gasteiger partial charge in [0.1, 0.15) is 6.10 Å². The van der Waals surface area contributed by atoms with Crippen LogP contribution in [0.15, 0.2) is 0 Å². The summed E-state index contributed by atoms with van der Waals surface area (Å²) in [6.45, 7) is 3.17. The van der Waals surface area contributed by atoms with Crippen molar-refractivity contribution >= 4 is 5.91 Å². The number of amides is 1. The van der Waals surface area contributed by atoms with Gasteiger partial charge in [-0.25, -0.2) is 0 Å². The Balaban J connectivity index is 2.52. The fourth-order valence-electron chi connectivity index (χ4n) is 1.58. The Kier molecular flexibility index (Phi) is 4.35. The highest BCUT2D eigenvalue weighted by atomic mass is 16.5. The van der Waals surface area contributed by atoms with Crippen LogP contribution in [0.3, 0.4) is 0 Å². The smallest absolute Gasteiger partial charge is 0.253 e. The highest BCUT2D eigenvalue weighted by molar-refractivity contribution is 5.81. The van der Waals surface area contributed by atoms with Crippen LogP contribution in [-0.2, 0) is 9.53 Å². The Hall–Kier alpha value is -0.610. The maximum atomic E-state index is 11.9. The predicted octanol–water partition coefficient (Wildman–Crippen LogP) is 0.361. The SMILES string of the molecule is CCCN(C(=O)C(CN)OC)C1CC1. The molecular weight excluding hydrogens is 180 g/mol. The number of rotatable bonds is 6. The highest BCUT2D eigenvalue weighted by Gasteiger charge is 2.34. The molecule has 2 N–H and O–H groups in total. The quantitative estimate of drug-likeness (QED) is 0.673. The lowest BCUT2D eigenvalue weighted by Crippen LogP contribution is -2.45. The van der Waals surface area contributed by atoms with E-state index in [2.05, 4.69) is 6.92 Å². The van der Waals surface area contributed by atoms with E-state index < -0.39 is 6.10 Å². The number of hydrogen-bond acceptors (Lipinski definition) is 3. The van der Waals surface area contributed by atoms with Crippen molar-refractivity contribution in [3.05, 3.63) is 0 Å². The lowest BCUT2D eigenvalue weighted by Gasteiger charge is -2.25. The summed E-state index contributed by atoms with van der Waals surface area (Å²) in [4.78, 5) is 13.8. The molecule has 0 aromatic heterocycles. The summed E-state index contributed by atoms with van der Waals surface area (Å²) < 4.78 is 5.05. The number of hydrogen-bond donors (Lipinski definition) is 1. The molecule has 4 nitrogen and oxygen atoms in total. The predicted molar refractivity (Wildman–Crippen MR) is 54.9 cm³/mol. The van der Waals surface area contributed by atoms with E-state index in [9.17, 15) is 4.79 Å². The molecule has 0 aromatic rings. The third-order valence-electron chi connectivity index (χ3n) is 2.51. The third kappa shape index (κ3) is 2.69. The minimum absolute atomic E-state index is 0.0550. The van der Waals surface area contributed by atoms with Crippen molar-refractivity contribution in [2.24, 2.45) is 5.73 Å². The number of carbonyl (C=O) groups is 1. The van der Waals surface area contributed by atoms with Crippen LogP contribution in [0.4, 0.5) is 0 Å². The molecule has 1 rings (SSSR count). The van der Waals surface area contributed by atoms with Gasteiger partial charge in [-0.05, 0) is 19.3 Å². The van der Waals surface area contributed by atoms with E-state index in [1.165, 1.54) is 7.11 Å². The fraction of sp³-hybridized carbons (Fsp3) is 0.900. The molecule has 1 amide bonds. The van der Waals surface area contributed by atoms with E-state index in [1.54, 1.807) is 0 Å². The Bertz CT molecular complexity index is 189. The molecule has 1 unspecified atom stereocenters. The minimum Gasteiger partial charge on any atom is -0.370 e. The summed E-state index contributed by atoms with van der Waals surface area (Å²) in [7, 11) is 1.53. The van der Waals surface area contributed by atoms with Crippen LogP contribution < -0.4 is 5.73 Å². The van der Waals surface area contributed by atoms with Crippen molar-refractivity contribution < 1.29 is 9.53 Å². The largest absolute Gasteiger partial charge is 0.370 e. The van der Waals surface area contributed by atoms with E-state index in [1.807, 2.05) is 4.90 Å². The molecule has 0 saturated heterocycles. The summed E-state index contributed by atoms with van der Waals surface area (Å²) in [5.74, 6) is 0.0550. The number of ether oxygens (including phenoxy) is 1. The molecule has 0 heterocycles. The molecule has 82 valence electrons. The van der Waals surface area contributed by atoms with Crippen molar-refractivity contribution in [2.45, 2.75) is 38.3 Å². The molecule has 0 aliphatic heterocycles. The number of carbonyl (C=O) groups excluding carboxylic acids is 1. The molecule has 1 saturated carbocycles. The van der Waals surface area contributed by atoms with Crippen molar-refractivity contribution in [2.75, 3.05) is 20.2 Å². The van der Waals surface area contributed by atoms with E-state index >= 15 is 0 Å². The van der Waals surface area contributed by atoms with Crippen LogP contribution in [0.5, 0.6) is 0 Å². The average molecular weight is 200 g/mol. The molecule has 1 aliphatic carbocycles. The van der Waals surface area contributed by atoms with E-state index in [-0.39, 0.29) is 12.5 Å². The zero-order chi connectivity index (χ0) is 10.6. The van der Waals surface area contributed by atoms with E-state index in [0.29, 0.717) is 6.04 Å². The van der Waals surface area contributed by atoms with Crippen LogP contribution in [0.2, 0.25) is 0 Å². The highest BCUT2D eigenvalue weighted by Crippen LogP contribution is 2.27. The lowest BCUT2D eigenvalue weighted by atomic mass is 10.2. The Morgan fingerprint density at radius 3 is 2.64 bits per heavy atom. The number of nitrogens with zero attached hydrogens (tertiary/aromatic N) is 1. The Labute approximate surface area is 85.4 Å². The van der Waals surface area contributed by atoms with Gasteiger partial charge >= 0.3 is 0 Å². The molecule has 14 heavy (non-hydrogen) atoms. The fourth-order valence-corrected chi connectivity index (χ4v) is 1.58. The second-order valence-electron chi connectivity index (χ2n) is 3.72. The van der Waals surface area contributed by atoms with Gasteiger partial charge in [0, 0.05) is 26.2 Å². The molecule has 0 spiro atoms. The topological polar surface area (TPSA) is 55.6 Å². The molecule has 1 aliphatic rings. The second-order valence-corrected chi connectivity index (χ2v) is 3.72. The van der Waals surface area contributed by atoms with Gasteiger partial charge in [-0.2, -0.15) is 0 Å². The summed E-state index contributed by atoms with van der Waals surface area (Å²) in [6.07, 6.45) is 2.80. The van der Waals surface area contributed by atoms with Crippen molar-refractivity contribution in [1.82, 2.24) is 4.90 Å². The maximum absolute atomic E-state index is 11.9. The number of methoxy groups -OCH3 is 1. The average Bonchev–Trinajstić information content (AvgIpc) is 2.99. The van der Waals surface area contributed by atoms with Crippen LogP contribution in [0, 0.1) is 0 Å². The first kappa shape index (κ1) is 11.5. The first-order valence-corrected chi connectivity index (χ1v) is 5.27. The summed E-state index contributed by atoms with van der Waals surface area (Å²) in [5, 5.41) is 0. The van der Waals surface area contributed by atoms with Crippen molar-refractivity contribution in [3.8, 4) is 0 Å². The third-order valence-corrected chi connectivity index (χ3v) is 2.51. The standard InChI is InChI=1S/C10H20N2O2/c1-3-6-12(8-4-5-8)10(13)9(7-11)14-2/h8-9H,3-7,11H2,1-2H3. The second kappa shape index (κ2) is 5.32. The molecule has 1 fully saturated rings. The summed E-state index contributed by atoms with van der Waals surface area (Å²) >= 11 is 0. The Morgan fingerprint density at radius 2 is 2.29 bits per heavy atom. The normalized spacial score (nSPS) is 17.9. The van der Waals surface area contributed by atoms with E-state index in [4.69, 9.17) is 10.5 Å². The molecule has 1 atom stereocenters. The first-order chi connectivity index (χ1) is 6.74. The van der Waals surface area contributed by atoms with Crippen LogP contribution in [0.25, 0.3) is 0 Å². The molecule has 0 radical (unpaired) electrons. The summed E-state index contributed by atoms with van der Waals surface area (Å²) in [5.41, 5.74) is 5.47. The zero-order valence-electron chi connectivity index (χ0n) is 9.03. The Morgan fingerprint density at radius 1 is 1.64 bits per heavy atom. The maximum Gasteiger partial charge on any atom is 0.253 e. The van der Waals surface area contributed by atoms with Crippen molar-refractivity contribution in [3.63, 3.8) is 0 Å². The van der Waals surface area contributed by atoms with E-state index in [0.717, 1.165) is 25.8 Å². The lowest BCUT2D eigenvalue weighted by molar-refractivity contribution is -0.142. The van der Waals surface area contributed by atoms with Gasteiger partial charge < -0.3 is 15.4 Å². The van der Waals surface area contributed by atoms with Gasteiger partial charge in [-0.1, -0.05) is 6.92 Å². The van der Waals surface area contributed by atoms with Crippen molar-refractivity contribution in [1.29, 1.82) is 0 Å². The molecular formula is C10H20N2O2. The van der Waals surface area contributed by atoms with Gasteiger partial charge in [0.05, 0.1) is 0 Å². The monoisotopic (exact) mass is 200 g/mol. The minimum atomic E-state index is -0.456. The molecule has 0 bridgehead atoms. The summed E-state index contributed by atoms with van der Waals surface area (Å²) in [6, 6.07) is 0.451. The van der Waals surface area contributed by atoms with Gasteiger partial charge in [-0.15, -0.1) is 0 Å². The first-order valence-electron chi connectivity index (χ1n) is 5.27. The zero-order valence-corrected chi connectivity index (χ0v) is 9.03. The van der Waals surface area contributed by atoms with Crippen LogP contribution in [0.1, 0.15) is 26.2 Å². The molecule has 0 aromatic carbocycles. The van der Waals surface area contributed by atoms with Gasteiger partial charge in [0.15, 0.2) is 0 Å². The van der Waals surface area contributed by atoms with Gasteiger partial charge in [0.25, 0.3) is 5.91 Å². The number of nitrogens with two attached hydrogens (primary N) is 1. The van der Waals surface area contributed by atoms with Gasteiger partial charge in [0.2, 0.25) is 0 Å².